The van der Waals surface area contributed by atoms with Crippen molar-refractivity contribution in [3.05, 3.63) is 5.51 Å². The topological polar surface area (TPSA) is 32.3 Å². The van der Waals surface area contributed by atoms with E-state index in [1.165, 1.54) is 64.8 Å². The van der Waals surface area contributed by atoms with Gasteiger partial charge >= 0.3 is 0 Å². The second kappa shape index (κ2) is 4.70. The smallest absolute Gasteiger partial charge is 0.208 e. The zero-order chi connectivity index (χ0) is 12.7. The van der Waals surface area contributed by atoms with Crippen molar-refractivity contribution in [1.29, 1.82) is 0 Å². The Labute approximate surface area is 118 Å². The molecular weight excluding hydrogens is 256 g/mol. The summed E-state index contributed by atoms with van der Waals surface area (Å²) in [6, 6.07) is 0. The highest BCUT2D eigenvalue weighted by Gasteiger charge is 2.42. The molecule has 3 aliphatic rings. The van der Waals surface area contributed by atoms with Crippen LogP contribution in [0.2, 0.25) is 0 Å². The molecule has 19 heavy (non-hydrogen) atoms. The number of hydrogen-bond donors (Lipinski definition) is 0. The SMILES string of the molecule is c1nnc(N2CC[C@]3(CCCN(CC4CC4)C3)C2)s1. The number of likely N-dealkylation sites (tertiary alicyclic amines) is 1. The lowest BCUT2D eigenvalue weighted by atomic mass is 9.79. The molecule has 2 saturated heterocycles. The van der Waals surface area contributed by atoms with Crippen molar-refractivity contribution in [1.82, 2.24) is 15.1 Å². The van der Waals surface area contributed by atoms with E-state index in [4.69, 9.17) is 0 Å². The third-order valence-electron chi connectivity index (χ3n) is 5.01. The maximum atomic E-state index is 4.23. The Hall–Kier alpha value is -0.680. The van der Waals surface area contributed by atoms with Gasteiger partial charge < -0.3 is 9.80 Å². The predicted octanol–water partition coefficient (Wildman–Crippen LogP) is 2.24. The zero-order valence-corrected chi connectivity index (χ0v) is 12.2. The van der Waals surface area contributed by atoms with E-state index in [0.29, 0.717) is 5.41 Å². The standard InChI is InChI=1S/C14H22N4S/c1-4-14(9-17(6-1)8-12-2-3-12)5-7-18(10-14)13-16-15-11-19-13/h11-12H,1-10H2/t14-/m0/s1. The lowest BCUT2D eigenvalue weighted by molar-refractivity contribution is 0.101. The summed E-state index contributed by atoms with van der Waals surface area (Å²) in [4.78, 5) is 5.20. The highest BCUT2D eigenvalue weighted by molar-refractivity contribution is 7.13. The normalized spacial score (nSPS) is 32.3. The van der Waals surface area contributed by atoms with Gasteiger partial charge in [0.05, 0.1) is 0 Å². The Kier molecular flexibility index (Phi) is 2.99. The van der Waals surface area contributed by atoms with Crippen LogP contribution in [0, 0.1) is 11.3 Å². The Balaban J connectivity index is 1.42. The highest BCUT2D eigenvalue weighted by atomic mass is 32.1. The number of rotatable bonds is 3. The third kappa shape index (κ3) is 2.50. The van der Waals surface area contributed by atoms with Gasteiger partial charge in [-0.1, -0.05) is 11.3 Å². The summed E-state index contributed by atoms with van der Waals surface area (Å²) in [5, 5.41) is 9.34. The Bertz CT molecular complexity index is 431. The van der Waals surface area contributed by atoms with E-state index in [9.17, 15) is 0 Å². The third-order valence-corrected chi connectivity index (χ3v) is 5.76. The van der Waals surface area contributed by atoms with E-state index in [0.717, 1.165) is 11.0 Å². The fourth-order valence-corrected chi connectivity index (χ4v) is 4.46. The molecule has 1 atom stereocenters. The van der Waals surface area contributed by atoms with Gasteiger partial charge in [0, 0.05) is 31.6 Å². The van der Waals surface area contributed by atoms with Crippen molar-refractivity contribution in [2.24, 2.45) is 11.3 Å². The second-order valence-corrected chi connectivity index (χ2v) is 7.49. The van der Waals surface area contributed by atoms with Gasteiger partial charge in [0.2, 0.25) is 5.13 Å². The summed E-state index contributed by atoms with van der Waals surface area (Å²) in [5.41, 5.74) is 2.39. The lowest BCUT2D eigenvalue weighted by Crippen LogP contribution is -2.45. The molecule has 5 heteroatoms. The Morgan fingerprint density at radius 2 is 2.21 bits per heavy atom. The number of piperidine rings is 1. The maximum absolute atomic E-state index is 4.23. The van der Waals surface area contributed by atoms with Gasteiger partial charge in [0.25, 0.3) is 0 Å². The van der Waals surface area contributed by atoms with Gasteiger partial charge in [-0.15, -0.1) is 10.2 Å². The van der Waals surface area contributed by atoms with Gasteiger partial charge in [-0.25, -0.2) is 0 Å². The number of hydrogen-bond acceptors (Lipinski definition) is 5. The summed E-state index contributed by atoms with van der Waals surface area (Å²) in [7, 11) is 0. The monoisotopic (exact) mass is 278 g/mol. The van der Waals surface area contributed by atoms with Crippen molar-refractivity contribution in [2.75, 3.05) is 37.6 Å². The highest BCUT2D eigenvalue weighted by Crippen LogP contribution is 2.42. The van der Waals surface area contributed by atoms with E-state index in [-0.39, 0.29) is 0 Å². The van der Waals surface area contributed by atoms with Gasteiger partial charge in [-0.3, -0.25) is 0 Å². The maximum Gasteiger partial charge on any atom is 0.208 e. The molecule has 0 aromatic carbocycles. The Morgan fingerprint density at radius 3 is 3.00 bits per heavy atom. The summed E-state index contributed by atoms with van der Waals surface area (Å²) in [6.07, 6.45) is 7.08. The average molecular weight is 278 g/mol. The minimum atomic E-state index is 0.540. The molecule has 1 saturated carbocycles. The lowest BCUT2D eigenvalue weighted by Gasteiger charge is -2.40. The van der Waals surface area contributed by atoms with Crippen LogP contribution in [0.3, 0.4) is 0 Å². The predicted molar refractivity (Wildman–Crippen MR) is 77.6 cm³/mol. The van der Waals surface area contributed by atoms with Crippen LogP contribution in [-0.4, -0.2) is 47.8 Å². The molecular formula is C14H22N4S. The zero-order valence-electron chi connectivity index (χ0n) is 11.4. The first-order chi connectivity index (χ1) is 9.33. The molecule has 0 unspecified atom stereocenters. The van der Waals surface area contributed by atoms with Crippen LogP contribution in [0.4, 0.5) is 5.13 Å². The van der Waals surface area contributed by atoms with Crippen LogP contribution in [0.25, 0.3) is 0 Å². The van der Waals surface area contributed by atoms with Gasteiger partial charge in [0.1, 0.15) is 5.51 Å². The fraction of sp³-hybridized carbons (Fsp3) is 0.857. The summed E-state index contributed by atoms with van der Waals surface area (Å²) in [6.45, 7) is 6.38. The van der Waals surface area contributed by atoms with Crippen molar-refractivity contribution >= 4 is 16.5 Å². The molecule has 1 spiro atoms. The molecule has 4 rings (SSSR count). The first-order valence-corrected chi connectivity index (χ1v) is 8.44. The number of aromatic nitrogens is 2. The van der Waals surface area contributed by atoms with Crippen LogP contribution in [-0.2, 0) is 0 Å². The number of nitrogens with zero attached hydrogens (tertiary/aromatic N) is 4. The molecule has 0 radical (unpaired) electrons. The van der Waals surface area contributed by atoms with Crippen molar-refractivity contribution in [3.8, 4) is 0 Å². The molecule has 1 aromatic rings. The molecule has 3 heterocycles. The van der Waals surface area contributed by atoms with Crippen molar-refractivity contribution in [2.45, 2.75) is 32.1 Å². The molecule has 1 aromatic heterocycles. The second-order valence-electron chi connectivity index (χ2n) is 6.67. The van der Waals surface area contributed by atoms with Crippen molar-refractivity contribution in [3.63, 3.8) is 0 Å². The van der Waals surface area contributed by atoms with Crippen LogP contribution < -0.4 is 4.90 Å². The van der Waals surface area contributed by atoms with Crippen molar-refractivity contribution < 1.29 is 0 Å². The molecule has 3 fully saturated rings. The first-order valence-electron chi connectivity index (χ1n) is 7.57. The van der Waals surface area contributed by atoms with E-state index in [2.05, 4.69) is 20.0 Å². The molecule has 1 aliphatic carbocycles. The minimum Gasteiger partial charge on any atom is -0.346 e. The molecule has 0 bridgehead atoms. The van der Waals surface area contributed by atoms with E-state index < -0.39 is 0 Å². The minimum absolute atomic E-state index is 0.540. The number of anilines is 1. The average Bonchev–Trinajstić information content (AvgIpc) is 2.93. The fourth-order valence-electron chi connectivity index (χ4n) is 3.87. The summed E-state index contributed by atoms with van der Waals surface area (Å²) < 4.78 is 0. The van der Waals surface area contributed by atoms with Gasteiger partial charge in [-0.05, 0) is 44.6 Å². The van der Waals surface area contributed by atoms with E-state index in [1.807, 2.05) is 5.51 Å². The van der Waals surface area contributed by atoms with Crippen LogP contribution in [0.5, 0.6) is 0 Å². The summed E-state index contributed by atoms with van der Waals surface area (Å²) >= 11 is 1.68. The largest absolute Gasteiger partial charge is 0.346 e. The van der Waals surface area contributed by atoms with Crippen LogP contribution in [0.1, 0.15) is 32.1 Å². The van der Waals surface area contributed by atoms with Crippen LogP contribution in [0.15, 0.2) is 5.51 Å². The molecule has 104 valence electrons. The first kappa shape index (κ1) is 12.1. The molecule has 0 N–H and O–H groups in total. The van der Waals surface area contributed by atoms with E-state index in [1.54, 1.807) is 11.3 Å². The van der Waals surface area contributed by atoms with E-state index >= 15 is 0 Å². The molecule has 2 aliphatic heterocycles. The van der Waals surface area contributed by atoms with Crippen LogP contribution >= 0.6 is 11.3 Å². The quantitative estimate of drug-likeness (QED) is 0.849. The Morgan fingerprint density at radius 1 is 1.26 bits per heavy atom. The van der Waals surface area contributed by atoms with Gasteiger partial charge in [-0.2, -0.15) is 0 Å². The summed E-state index contributed by atoms with van der Waals surface area (Å²) in [5.74, 6) is 1.02. The molecule has 0 amide bonds. The molecule has 4 nitrogen and oxygen atoms in total. The van der Waals surface area contributed by atoms with Gasteiger partial charge in [0.15, 0.2) is 0 Å².